The van der Waals surface area contributed by atoms with Crippen molar-refractivity contribution in [2.24, 2.45) is 0 Å². The quantitative estimate of drug-likeness (QED) is 0.234. The van der Waals surface area contributed by atoms with Crippen LogP contribution in [0.15, 0.2) is 97.3 Å². The van der Waals surface area contributed by atoms with Crippen LogP contribution in [0.1, 0.15) is 33.8 Å². The summed E-state index contributed by atoms with van der Waals surface area (Å²) in [6.07, 6.45) is 4.25. The molecule has 0 bridgehead atoms. The summed E-state index contributed by atoms with van der Waals surface area (Å²) in [6, 6.07) is 27.2. The first kappa shape index (κ1) is 25.1. The van der Waals surface area contributed by atoms with Crippen molar-refractivity contribution in [3.8, 4) is 33.7 Å². The SMILES string of the molecule is COc1ccc(C2CC23C(=O)Nc2cc(Cl)c(-c4ccc(-c5ccc(-n6cccn6)cc5)cc4)cc23)cc1C(=O)O. The predicted molar refractivity (Wildman–Crippen MR) is 157 cm³/mol. The van der Waals surface area contributed by atoms with Gasteiger partial charge in [0.25, 0.3) is 0 Å². The topological polar surface area (TPSA) is 93.5 Å². The van der Waals surface area contributed by atoms with Crippen LogP contribution in [0.5, 0.6) is 5.75 Å². The molecule has 7 nitrogen and oxygen atoms in total. The van der Waals surface area contributed by atoms with Gasteiger partial charge in [-0.2, -0.15) is 5.10 Å². The highest BCUT2D eigenvalue weighted by Gasteiger charge is 2.65. The third kappa shape index (κ3) is 4.00. The smallest absolute Gasteiger partial charge is 0.339 e. The molecule has 2 unspecified atom stereocenters. The zero-order valence-corrected chi connectivity index (χ0v) is 22.7. The van der Waals surface area contributed by atoms with Gasteiger partial charge in [0.2, 0.25) is 5.91 Å². The van der Waals surface area contributed by atoms with Gasteiger partial charge in [-0.1, -0.05) is 54.1 Å². The van der Waals surface area contributed by atoms with E-state index >= 15 is 0 Å². The van der Waals surface area contributed by atoms with Crippen molar-refractivity contribution in [2.45, 2.75) is 17.8 Å². The molecule has 5 aromatic rings. The van der Waals surface area contributed by atoms with Crippen molar-refractivity contribution in [3.05, 3.63) is 119 Å². The summed E-state index contributed by atoms with van der Waals surface area (Å²) < 4.78 is 7.03. The van der Waals surface area contributed by atoms with E-state index < -0.39 is 11.4 Å². The Morgan fingerprint density at radius 1 is 1.02 bits per heavy atom. The van der Waals surface area contributed by atoms with Gasteiger partial charge in [0.15, 0.2) is 0 Å². The number of hydrogen-bond donors (Lipinski definition) is 2. The number of carboxylic acid groups (broad SMARTS) is 1. The predicted octanol–water partition coefficient (Wildman–Crippen LogP) is 6.94. The maximum absolute atomic E-state index is 13.3. The summed E-state index contributed by atoms with van der Waals surface area (Å²) in [6.45, 7) is 0. The van der Waals surface area contributed by atoms with Gasteiger partial charge < -0.3 is 15.2 Å². The van der Waals surface area contributed by atoms with Crippen LogP contribution in [-0.4, -0.2) is 33.9 Å². The number of carbonyl (C=O) groups is 2. The molecule has 41 heavy (non-hydrogen) atoms. The lowest BCUT2D eigenvalue weighted by Gasteiger charge is -2.14. The van der Waals surface area contributed by atoms with E-state index in [0.29, 0.717) is 22.9 Å². The van der Waals surface area contributed by atoms with Gasteiger partial charge in [-0.25, -0.2) is 9.48 Å². The third-order valence-corrected chi connectivity index (χ3v) is 8.54. The number of aromatic nitrogens is 2. The van der Waals surface area contributed by atoms with Gasteiger partial charge in [0, 0.05) is 29.6 Å². The van der Waals surface area contributed by atoms with Crippen LogP contribution >= 0.6 is 11.6 Å². The van der Waals surface area contributed by atoms with Crippen LogP contribution in [0.2, 0.25) is 5.02 Å². The second-order valence-corrected chi connectivity index (χ2v) is 10.8. The van der Waals surface area contributed by atoms with Gasteiger partial charge in [-0.3, -0.25) is 4.79 Å². The minimum Gasteiger partial charge on any atom is -0.496 e. The van der Waals surface area contributed by atoms with E-state index in [2.05, 4.69) is 34.7 Å². The fourth-order valence-electron chi connectivity index (χ4n) is 6.02. The standard InChI is InChI=1S/C33H24ClN3O4/c1-41-30-12-9-22(15-25(30)31(38)39)27-18-33(27)26-16-24(28(34)17-29(26)36-32(33)40)21-5-3-19(4-6-21)20-7-10-23(11-8-20)37-14-2-13-35-37/h2-17,27H,18H2,1H3,(H,36,40)(H,38,39). The van der Waals surface area contributed by atoms with E-state index in [4.69, 9.17) is 16.3 Å². The van der Waals surface area contributed by atoms with Gasteiger partial charge >= 0.3 is 5.97 Å². The molecule has 1 amide bonds. The number of methoxy groups -OCH3 is 1. The number of halogens is 1. The first-order chi connectivity index (χ1) is 19.9. The van der Waals surface area contributed by atoms with Crippen LogP contribution in [0.25, 0.3) is 27.9 Å². The monoisotopic (exact) mass is 561 g/mol. The fourth-order valence-corrected chi connectivity index (χ4v) is 6.29. The lowest BCUT2D eigenvalue weighted by atomic mass is 9.89. The average Bonchev–Trinajstić information content (AvgIpc) is 3.38. The van der Waals surface area contributed by atoms with Crippen molar-refractivity contribution < 1.29 is 19.4 Å². The molecule has 1 saturated carbocycles. The molecule has 1 aliphatic heterocycles. The number of aromatic carboxylic acids is 1. The summed E-state index contributed by atoms with van der Waals surface area (Å²) >= 11 is 6.73. The van der Waals surface area contributed by atoms with Crippen LogP contribution in [0.4, 0.5) is 5.69 Å². The number of carbonyl (C=O) groups excluding carboxylic acids is 1. The minimum absolute atomic E-state index is 0.0820. The molecule has 4 aromatic carbocycles. The van der Waals surface area contributed by atoms with E-state index in [9.17, 15) is 14.7 Å². The number of rotatable bonds is 6. The number of benzene rings is 4. The molecule has 0 saturated heterocycles. The highest BCUT2D eigenvalue weighted by Crippen LogP contribution is 2.65. The highest BCUT2D eigenvalue weighted by molar-refractivity contribution is 6.34. The van der Waals surface area contributed by atoms with Gasteiger partial charge in [-0.05, 0) is 76.7 Å². The van der Waals surface area contributed by atoms with Gasteiger partial charge in [-0.15, -0.1) is 0 Å². The fraction of sp³-hybridized carbons (Fsp3) is 0.121. The van der Waals surface area contributed by atoms with Crippen LogP contribution < -0.4 is 10.1 Å². The number of ether oxygens (including phenoxy) is 1. The molecule has 2 atom stereocenters. The van der Waals surface area contributed by atoms with E-state index in [0.717, 1.165) is 39.1 Å². The lowest BCUT2D eigenvalue weighted by molar-refractivity contribution is -0.118. The van der Waals surface area contributed by atoms with Crippen LogP contribution in [0, 0.1) is 0 Å². The van der Waals surface area contributed by atoms with E-state index in [1.807, 2.05) is 59.4 Å². The number of fused-ring (bicyclic) bond motifs is 2. The van der Waals surface area contributed by atoms with Crippen molar-refractivity contribution in [1.82, 2.24) is 9.78 Å². The zero-order chi connectivity index (χ0) is 28.3. The minimum atomic E-state index is -1.07. The normalized spacial score (nSPS) is 18.7. The number of hydrogen-bond acceptors (Lipinski definition) is 4. The molecule has 2 N–H and O–H groups in total. The van der Waals surface area contributed by atoms with E-state index in [1.54, 1.807) is 18.3 Å². The van der Waals surface area contributed by atoms with Crippen LogP contribution in [0.3, 0.4) is 0 Å². The molecule has 1 aliphatic carbocycles. The largest absolute Gasteiger partial charge is 0.496 e. The summed E-state index contributed by atoms with van der Waals surface area (Å²) in [5.74, 6) is -1.01. The molecule has 0 radical (unpaired) electrons. The molecule has 1 aromatic heterocycles. The second kappa shape index (κ2) is 9.35. The Labute approximate surface area is 241 Å². The molecular weight excluding hydrogens is 538 g/mol. The molecule has 1 fully saturated rings. The summed E-state index contributed by atoms with van der Waals surface area (Å²) in [7, 11) is 1.44. The molecule has 8 heteroatoms. The number of amides is 1. The third-order valence-electron chi connectivity index (χ3n) is 8.22. The van der Waals surface area contributed by atoms with Crippen molar-refractivity contribution >= 4 is 29.2 Å². The number of carboxylic acids is 1. The molecule has 1 spiro atoms. The molecule has 2 heterocycles. The van der Waals surface area contributed by atoms with Crippen LogP contribution in [-0.2, 0) is 10.2 Å². The van der Waals surface area contributed by atoms with Gasteiger partial charge in [0.1, 0.15) is 11.3 Å². The maximum atomic E-state index is 13.3. The first-order valence-electron chi connectivity index (χ1n) is 13.2. The Hall–Kier alpha value is -4.88. The van der Waals surface area contributed by atoms with Gasteiger partial charge in [0.05, 0.1) is 23.2 Å². The zero-order valence-electron chi connectivity index (χ0n) is 22.0. The summed E-state index contributed by atoms with van der Waals surface area (Å²) in [5.41, 5.74) is 6.64. The van der Waals surface area contributed by atoms with E-state index in [1.165, 1.54) is 7.11 Å². The Balaban J connectivity index is 1.20. The lowest BCUT2D eigenvalue weighted by Crippen LogP contribution is -2.21. The number of nitrogens with one attached hydrogen (secondary N) is 1. The maximum Gasteiger partial charge on any atom is 0.339 e. The highest BCUT2D eigenvalue weighted by atomic mass is 35.5. The number of anilines is 1. The molecule has 202 valence electrons. The molecular formula is C33H24ClN3O4. The Bertz CT molecular complexity index is 1830. The van der Waals surface area contributed by atoms with Crippen molar-refractivity contribution in [2.75, 3.05) is 12.4 Å². The Morgan fingerprint density at radius 2 is 1.73 bits per heavy atom. The van der Waals surface area contributed by atoms with E-state index in [-0.39, 0.29) is 17.4 Å². The second-order valence-electron chi connectivity index (χ2n) is 10.4. The Morgan fingerprint density at radius 3 is 2.39 bits per heavy atom. The first-order valence-corrected chi connectivity index (χ1v) is 13.5. The average molecular weight is 562 g/mol. The Kier molecular flexibility index (Phi) is 5.73. The summed E-state index contributed by atoms with van der Waals surface area (Å²) in [5, 5.41) is 17.5. The molecule has 2 aliphatic rings. The number of nitrogens with zero attached hydrogens (tertiary/aromatic N) is 2. The van der Waals surface area contributed by atoms with Crippen molar-refractivity contribution in [3.63, 3.8) is 0 Å². The van der Waals surface area contributed by atoms with Crippen molar-refractivity contribution in [1.29, 1.82) is 0 Å². The summed E-state index contributed by atoms with van der Waals surface area (Å²) in [4.78, 5) is 25.1. The molecule has 7 rings (SSSR count).